The second kappa shape index (κ2) is 3.33. The first-order chi connectivity index (χ1) is 6.68. The number of fused-ring (bicyclic) bond motifs is 1. The van der Waals surface area contributed by atoms with Crippen molar-refractivity contribution in [3.8, 4) is 0 Å². The van der Waals surface area contributed by atoms with Gasteiger partial charge in [-0.25, -0.2) is 13.2 Å². The average Bonchev–Trinajstić information content (AvgIpc) is 2.16. The zero-order valence-electron chi connectivity index (χ0n) is 7.18. The van der Waals surface area contributed by atoms with Gasteiger partial charge in [0.25, 0.3) is 6.43 Å². The van der Waals surface area contributed by atoms with Gasteiger partial charge in [-0.2, -0.15) is 0 Å². The molecule has 2 aromatic rings. The van der Waals surface area contributed by atoms with Gasteiger partial charge in [0.1, 0.15) is 5.82 Å². The third kappa shape index (κ3) is 1.45. The van der Waals surface area contributed by atoms with Crippen molar-refractivity contribution in [1.82, 2.24) is 0 Å². The van der Waals surface area contributed by atoms with Crippen LogP contribution in [0.3, 0.4) is 0 Å². The summed E-state index contributed by atoms with van der Waals surface area (Å²) in [6, 6.07) is 9.17. The highest BCUT2D eigenvalue weighted by Crippen LogP contribution is 2.26. The van der Waals surface area contributed by atoms with Gasteiger partial charge < -0.3 is 0 Å². The second-order valence-corrected chi connectivity index (χ2v) is 3.02. The van der Waals surface area contributed by atoms with Crippen molar-refractivity contribution in [1.29, 1.82) is 0 Å². The summed E-state index contributed by atoms with van der Waals surface area (Å²) in [5.74, 6) is -0.848. The minimum Gasteiger partial charge on any atom is -0.206 e. The number of hydrogen-bond acceptors (Lipinski definition) is 0. The lowest BCUT2D eigenvalue weighted by Crippen LogP contribution is -1.90. The van der Waals surface area contributed by atoms with Gasteiger partial charge in [-0.3, -0.25) is 0 Å². The summed E-state index contributed by atoms with van der Waals surface area (Å²) in [5.41, 5.74) is -0.538. The highest BCUT2D eigenvalue weighted by Gasteiger charge is 2.13. The summed E-state index contributed by atoms with van der Waals surface area (Å²) < 4.78 is 37.7. The topological polar surface area (TPSA) is 0 Å². The summed E-state index contributed by atoms with van der Waals surface area (Å²) in [5, 5.41) is 1.26. The molecule has 0 N–H and O–H groups in total. The molecule has 0 amide bonds. The average molecular weight is 196 g/mol. The van der Waals surface area contributed by atoms with Gasteiger partial charge in [0.05, 0.1) is 5.56 Å². The lowest BCUT2D eigenvalue weighted by Gasteiger charge is -2.04. The highest BCUT2D eigenvalue weighted by molar-refractivity contribution is 5.83. The van der Waals surface area contributed by atoms with Crippen molar-refractivity contribution in [2.24, 2.45) is 0 Å². The van der Waals surface area contributed by atoms with Gasteiger partial charge in [-0.15, -0.1) is 0 Å². The van der Waals surface area contributed by atoms with Crippen molar-refractivity contribution in [3.63, 3.8) is 0 Å². The van der Waals surface area contributed by atoms with E-state index in [0.29, 0.717) is 10.8 Å². The Kier molecular flexibility index (Phi) is 2.15. The maximum Gasteiger partial charge on any atom is 0.266 e. The molecule has 14 heavy (non-hydrogen) atoms. The van der Waals surface area contributed by atoms with E-state index < -0.39 is 17.8 Å². The highest BCUT2D eigenvalue weighted by atomic mass is 19.3. The second-order valence-electron chi connectivity index (χ2n) is 3.02. The van der Waals surface area contributed by atoms with Crippen LogP contribution in [0.2, 0.25) is 0 Å². The molecule has 0 saturated carbocycles. The van der Waals surface area contributed by atoms with Crippen molar-refractivity contribution < 1.29 is 13.2 Å². The van der Waals surface area contributed by atoms with E-state index >= 15 is 0 Å². The van der Waals surface area contributed by atoms with Crippen molar-refractivity contribution in [2.45, 2.75) is 6.43 Å². The molecular weight excluding hydrogens is 189 g/mol. The van der Waals surface area contributed by atoms with Gasteiger partial charge in [-0.1, -0.05) is 24.3 Å². The number of halogens is 3. The zero-order chi connectivity index (χ0) is 10.1. The maximum atomic E-state index is 13.1. The minimum absolute atomic E-state index is 0.538. The SMILES string of the molecule is Fc1cc2ccccc2cc1C(F)F. The number of hydrogen-bond donors (Lipinski definition) is 0. The van der Waals surface area contributed by atoms with Crippen molar-refractivity contribution >= 4 is 10.8 Å². The number of benzene rings is 2. The molecule has 0 saturated heterocycles. The summed E-state index contributed by atoms with van der Waals surface area (Å²) in [4.78, 5) is 0. The molecule has 0 aliphatic rings. The van der Waals surface area contributed by atoms with E-state index in [1.165, 1.54) is 6.07 Å². The van der Waals surface area contributed by atoms with E-state index in [1.807, 2.05) is 0 Å². The van der Waals surface area contributed by atoms with Crippen molar-refractivity contribution in [3.05, 3.63) is 47.8 Å². The molecule has 3 heteroatoms. The van der Waals surface area contributed by atoms with E-state index in [0.717, 1.165) is 6.07 Å². The maximum absolute atomic E-state index is 13.1. The molecule has 0 aromatic heterocycles. The van der Waals surface area contributed by atoms with Crippen LogP contribution in [-0.2, 0) is 0 Å². The fraction of sp³-hybridized carbons (Fsp3) is 0.0909. The summed E-state index contributed by atoms with van der Waals surface area (Å²) in [6.45, 7) is 0. The Morgan fingerprint density at radius 1 is 0.929 bits per heavy atom. The van der Waals surface area contributed by atoms with Gasteiger partial charge in [0.2, 0.25) is 0 Å². The molecule has 0 heterocycles. The van der Waals surface area contributed by atoms with E-state index in [2.05, 4.69) is 0 Å². The molecule has 0 spiro atoms. The minimum atomic E-state index is -2.76. The van der Waals surface area contributed by atoms with Gasteiger partial charge in [-0.05, 0) is 22.9 Å². The fourth-order valence-electron chi connectivity index (χ4n) is 1.40. The number of rotatable bonds is 1. The van der Waals surface area contributed by atoms with Crippen LogP contribution in [0.15, 0.2) is 36.4 Å². The van der Waals surface area contributed by atoms with Crippen LogP contribution in [0.5, 0.6) is 0 Å². The van der Waals surface area contributed by atoms with Crippen LogP contribution in [0, 0.1) is 5.82 Å². The Balaban J connectivity index is 2.71. The molecule has 0 fully saturated rings. The molecule has 2 rings (SSSR count). The third-order valence-electron chi connectivity index (χ3n) is 2.10. The van der Waals surface area contributed by atoms with Crippen LogP contribution in [0.4, 0.5) is 13.2 Å². The molecular formula is C11H7F3. The fourth-order valence-corrected chi connectivity index (χ4v) is 1.40. The lowest BCUT2D eigenvalue weighted by molar-refractivity contribution is 0.146. The molecule has 0 radical (unpaired) electrons. The first-order valence-corrected chi connectivity index (χ1v) is 4.15. The van der Waals surface area contributed by atoms with Crippen LogP contribution < -0.4 is 0 Å². The Hall–Kier alpha value is -1.51. The molecule has 0 bridgehead atoms. The van der Waals surface area contributed by atoms with Crippen LogP contribution in [-0.4, -0.2) is 0 Å². The molecule has 72 valence electrons. The largest absolute Gasteiger partial charge is 0.266 e. The van der Waals surface area contributed by atoms with Gasteiger partial charge in [0, 0.05) is 0 Å². The van der Waals surface area contributed by atoms with E-state index in [9.17, 15) is 13.2 Å². The van der Waals surface area contributed by atoms with Crippen molar-refractivity contribution in [2.75, 3.05) is 0 Å². The first-order valence-electron chi connectivity index (χ1n) is 4.15. The molecule has 2 aromatic carbocycles. The monoisotopic (exact) mass is 196 g/mol. The molecule has 0 nitrogen and oxygen atoms in total. The molecule has 0 aliphatic carbocycles. The quantitative estimate of drug-likeness (QED) is 0.648. The van der Waals surface area contributed by atoms with Crippen LogP contribution >= 0.6 is 0 Å². The van der Waals surface area contributed by atoms with E-state index in [4.69, 9.17) is 0 Å². The molecule has 0 atom stereocenters. The Morgan fingerprint density at radius 3 is 2.07 bits per heavy atom. The van der Waals surface area contributed by atoms with Crippen LogP contribution in [0.25, 0.3) is 10.8 Å². The van der Waals surface area contributed by atoms with Crippen LogP contribution in [0.1, 0.15) is 12.0 Å². The van der Waals surface area contributed by atoms with E-state index in [1.54, 1.807) is 24.3 Å². The Morgan fingerprint density at radius 2 is 1.50 bits per heavy atom. The van der Waals surface area contributed by atoms with Gasteiger partial charge in [0.15, 0.2) is 0 Å². The zero-order valence-corrected chi connectivity index (χ0v) is 7.18. The molecule has 0 aliphatic heterocycles. The first kappa shape index (κ1) is 9.06. The standard InChI is InChI=1S/C11H7F3/c12-10-6-8-4-2-1-3-7(8)5-9(10)11(13)14/h1-6,11H. The predicted octanol–water partition coefficient (Wildman–Crippen LogP) is 3.92. The lowest BCUT2D eigenvalue weighted by atomic mass is 10.1. The summed E-state index contributed by atoms with van der Waals surface area (Å²) in [6.07, 6.45) is -2.76. The number of alkyl halides is 2. The third-order valence-corrected chi connectivity index (χ3v) is 2.10. The predicted molar refractivity (Wildman–Crippen MR) is 48.9 cm³/mol. The smallest absolute Gasteiger partial charge is 0.206 e. The normalized spacial score (nSPS) is 11.1. The van der Waals surface area contributed by atoms with E-state index in [-0.39, 0.29) is 0 Å². The van der Waals surface area contributed by atoms with Gasteiger partial charge >= 0.3 is 0 Å². The Labute approximate surface area is 79.0 Å². The molecule has 0 unspecified atom stereocenters. The Bertz CT molecular complexity index is 463. The summed E-state index contributed by atoms with van der Waals surface area (Å²) in [7, 11) is 0. The summed E-state index contributed by atoms with van der Waals surface area (Å²) >= 11 is 0.